The van der Waals surface area contributed by atoms with E-state index in [-0.39, 0.29) is 17.5 Å². The van der Waals surface area contributed by atoms with Gasteiger partial charge >= 0.3 is 0 Å². The minimum atomic E-state index is -0.354. The van der Waals surface area contributed by atoms with E-state index in [2.05, 4.69) is 5.32 Å². The molecule has 0 aromatic heterocycles. The van der Waals surface area contributed by atoms with Gasteiger partial charge in [-0.25, -0.2) is 4.39 Å². The van der Waals surface area contributed by atoms with Crippen LogP contribution in [0.3, 0.4) is 0 Å². The van der Waals surface area contributed by atoms with Crippen LogP contribution in [0.5, 0.6) is 0 Å². The first-order chi connectivity index (χ1) is 9.70. The van der Waals surface area contributed by atoms with E-state index in [1.54, 1.807) is 18.2 Å². The Morgan fingerprint density at radius 2 is 1.90 bits per heavy atom. The number of thioether (sulfide) groups is 1. The summed E-state index contributed by atoms with van der Waals surface area (Å²) in [6.45, 7) is 0. The molecule has 0 atom stereocenters. The topological polar surface area (TPSA) is 52.9 Å². The summed E-state index contributed by atoms with van der Waals surface area (Å²) in [5, 5.41) is 11.3. The molecule has 0 fully saturated rings. The summed E-state index contributed by atoms with van der Waals surface area (Å²) in [5.41, 5.74) is 1.02. The maximum absolute atomic E-state index is 12.8. The Morgan fingerprint density at radius 3 is 2.60 bits per heavy atom. The van der Waals surface area contributed by atoms with Crippen LogP contribution in [0.15, 0.2) is 53.4 Å². The number of amides is 1. The van der Waals surface area contributed by atoms with Crippen LogP contribution in [-0.4, -0.2) is 11.7 Å². The van der Waals surface area contributed by atoms with E-state index < -0.39 is 0 Å². The molecule has 20 heavy (non-hydrogen) atoms. The van der Waals surface area contributed by atoms with Crippen LogP contribution in [-0.2, 0) is 0 Å². The van der Waals surface area contributed by atoms with Gasteiger partial charge in [0.05, 0.1) is 17.4 Å². The maximum atomic E-state index is 12.8. The number of carbonyl (C=O) groups is 1. The number of nitrogens with one attached hydrogen (secondary N) is 1. The Balaban J connectivity index is 2.16. The molecule has 0 unspecified atom stereocenters. The van der Waals surface area contributed by atoms with Gasteiger partial charge in [-0.05, 0) is 36.4 Å². The Kier molecular flexibility index (Phi) is 4.75. The van der Waals surface area contributed by atoms with E-state index in [1.807, 2.05) is 12.1 Å². The van der Waals surface area contributed by atoms with Crippen molar-refractivity contribution in [2.45, 2.75) is 4.90 Å². The van der Waals surface area contributed by atoms with Crippen molar-refractivity contribution in [2.75, 3.05) is 11.1 Å². The number of halogens is 1. The standard InChI is InChI=1S/C15H11FN2OS/c16-11-5-7-12(8-6-11)18-15(19)13-3-1-2-4-14(13)20-10-9-17/h1-8H,10H2,(H,18,19). The van der Waals surface area contributed by atoms with Crippen molar-refractivity contribution in [3.63, 3.8) is 0 Å². The second kappa shape index (κ2) is 6.73. The van der Waals surface area contributed by atoms with Crippen molar-refractivity contribution in [2.24, 2.45) is 0 Å². The Morgan fingerprint density at radius 1 is 1.20 bits per heavy atom. The molecule has 2 rings (SSSR count). The fourth-order valence-electron chi connectivity index (χ4n) is 1.62. The summed E-state index contributed by atoms with van der Waals surface area (Å²) in [6, 6.07) is 14.7. The molecule has 1 N–H and O–H groups in total. The largest absolute Gasteiger partial charge is 0.322 e. The van der Waals surface area contributed by atoms with Gasteiger partial charge in [0.15, 0.2) is 0 Å². The number of nitrogens with zero attached hydrogens (tertiary/aromatic N) is 1. The maximum Gasteiger partial charge on any atom is 0.256 e. The lowest BCUT2D eigenvalue weighted by Gasteiger charge is -2.08. The summed E-state index contributed by atoms with van der Waals surface area (Å²) in [6.07, 6.45) is 0. The molecule has 0 aliphatic heterocycles. The molecule has 2 aromatic carbocycles. The molecule has 0 aliphatic carbocycles. The second-order valence-corrected chi connectivity index (χ2v) is 4.92. The van der Waals surface area contributed by atoms with Crippen molar-refractivity contribution in [3.8, 4) is 6.07 Å². The van der Waals surface area contributed by atoms with Gasteiger partial charge in [-0.2, -0.15) is 5.26 Å². The van der Waals surface area contributed by atoms with Crippen molar-refractivity contribution < 1.29 is 9.18 Å². The zero-order valence-electron chi connectivity index (χ0n) is 10.5. The minimum absolute atomic E-state index is 0.279. The summed E-state index contributed by atoms with van der Waals surface area (Å²) in [7, 11) is 0. The molecular formula is C15H11FN2OS. The van der Waals surface area contributed by atoms with Gasteiger partial charge in [-0.1, -0.05) is 12.1 Å². The molecule has 0 spiro atoms. The van der Waals surface area contributed by atoms with Gasteiger partial charge in [0, 0.05) is 10.6 Å². The third kappa shape index (κ3) is 3.59. The van der Waals surface area contributed by atoms with Gasteiger partial charge in [-0.3, -0.25) is 4.79 Å². The van der Waals surface area contributed by atoms with Crippen molar-refractivity contribution in [1.82, 2.24) is 0 Å². The molecule has 0 saturated carbocycles. The second-order valence-electron chi connectivity index (χ2n) is 3.90. The first-order valence-electron chi connectivity index (χ1n) is 5.86. The van der Waals surface area contributed by atoms with Gasteiger partial charge in [-0.15, -0.1) is 11.8 Å². The smallest absolute Gasteiger partial charge is 0.256 e. The summed E-state index contributed by atoms with van der Waals surface area (Å²) in [4.78, 5) is 12.9. The van der Waals surface area contributed by atoms with Crippen LogP contribution in [0, 0.1) is 17.1 Å². The van der Waals surface area contributed by atoms with Crippen LogP contribution in [0.25, 0.3) is 0 Å². The number of hydrogen-bond acceptors (Lipinski definition) is 3. The first-order valence-corrected chi connectivity index (χ1v) is 6.85. The monoisotopic (exact) mass is 286 g/mol. The zero-order chi connectivity index (χ0) is 14.4. The molecule has 0 bridgehead atoms. The SMILES string of the molecule is N#CCSc1ccccc1C(=O)Nc1ccc(F)cc1. The Bertz CT molecular complexity index is 650. The predicted octanol–water partition coefficient (Wildman–Crippen LogP) is 3.69. The minimum Gasteiger partial charge on any atom is -0.322 e. The molecular weight excluding hydrogens is 275 g/mol. The van der Waals surface area contributed by atoms with E-state index in [4.69, 9.17) is 5.26 Å². The first kappa shape index (κ1) is 14.1. The van der Waals surface area contributed by atoms with Crippen LogP contribution >= 0.6 is 11.8 Å². The fourth-order valence-corrected chi connectivity index (χ4v) is 2.33. The van der Waals surface area contributed by atoms with E-state index >= 15 is 0 Å². The number of hydrogen-bond donors (Lipinski definition) is 1. The number of carbonyl (C=O) groups excluding carboxylic acids is 1. The Labute approximate surface area is 120 Å². The van der Waals surface area contributed by atoms with E-state index in [9.17, 15) is 9.18 Å². The normalized spacial score (nSPS) is 9.80. The Hall–Kier alpha value is -2.32. The highest BCUT2D eigenvalue weighted by Gasteiger charge is 2.11. The molecule has 100 valence electrons. The number of anilines is 1. The molecule has 0 heterocycles. The lowest BCUT2D eigenvalue weighted by molar-refractivity contribution is 0.102. The number of benzene rings is 2. The van der Waals surface area contributed by atoms with E-state index in [0.29, 0.717) is 11.3 Å². The highest BCUT2D eigenvalue weighted by molar-refractivity contribution is 7.99. The molecule has 1 amide bonds. The quantitative estimate of drug-likeness (QED) is 0.872. The van der Waals surface area contributed by atoms with Crippen molar-refractivity contribution >= 4 is 23.4 Å². The molecule has 5 heteroatoms. The number of rotatable bonds is 4. The number of nitriles is 1. The predicted molar refractivity (Wildman–Crippen MR) is 77.1 cm³/mol. The van der Waals surface area contributed by atoms with Crippen molar-refractivity contribution in [3.05, 3.63) is 59.9 Å². The molecule has 0 saturated heterocycles. The average molecular weight is 286 g/mol. The average Bonchev–Trinajstić information content (AvgIpc) is 2.47. The lowest BCUT2D eigenvalue weighted by atomic mass is 10.2. The molecule has 0 radical (unpaired) electrons. The summed E-state index contributed by atoms with van der Waals surface area (Å²) >= 11 is 1.31. The summed E-state index contributed by atoms with van der Waals surface area (Å²) in [5.74, 6) is -0.355. The van der Waals surface area contributed by atoms with Crippen LogP contribution < -0.4 is 5.32 Å². The third-order valence-corrected chi connectivity index (χ3v) is 3.47. The lowest BCUT2D eigenvalue weighted by Crippen LogP contribution is -2.12. The fraction of sp³-hybridized carbons (Fsp3) is 0.0667. The van der Waals surface area contributed by atoms with Crippen molar-refractivity contribution in [1.29, 1.82) is 5.26 Å². The molecule has 2 aromatic rings. The van der Waals surface area contributed by atoms with Gasteiger partial charge in [0.25, 0.3) is 5.91 Å². The van der Waals surface area contributed by atoms with Crippen LogP contribution in [0.1, 0.15) is 10.4 Å². The van der Waals surface area contributed by atoms with Crippen LogP contribution in [0.4, 0.5) is 10.1 Å². The highest BCUT2D eigenvalue weighted by Crippen LogP contribution is 2.23. The molecule has 3 nitrogen and oxygen atoms in total. The van der Waals surface area contributed by atoms with E-state index in [0.717, 1.165) is 4.90 Å². The van der Waals surface area contributed by atoms with Crippen LogP contribution in [0.2, 0.25) is 0 Å². The van der Waals surface area contributed by atoms with Gasteiger partial charge in [0.2, 0.25) is 0 Å². The van der Waals surface area contributed by atoms with Gasteiger partial charge < -0.3 is 5.32 Å². The summed E-state index contributed by atoms with van der Waals surface area (Å²) < 4.78 is 12.8. The van der Waals surface area contributed by atoms with Gasteiger partial charge in [0.1, 0.15) is 5.82 Å². The van der Waals surface area contributed by atoms with E-state index in [1.165, 1.54) is 36.0 Å². The molecule has 0 aliphatic rings. The third-order valence-electron chi connectivity index (χ3n) is 2.53. The highest BCUT2D eigenvalue weighted by atomic mass is 32.2. The zero-order valence-corrected chi connectivity index (χ0v) is 11.3.